The molecule has 7 heteroatoms. The van der Waals surface area contributed by atoms with Crippen molar-refractivity contribution < 1.29 is 17.7 Å². The Labute approximate surface area is 161 Å². The van der Waals surface area contributed by atoms with Gasteiger partial charge in [0.2, 0.25) is 0 Å². The fourth-order valence-corrected chi connectivity index (χ4v) is 3.77. The van der Waals surface area contributed by atoms with Crippen molar-refractivity contribution in [2.45, 2.75) is 45.2 Å². The van der Waals surface area contributed by atoms with Crippen LogP contribution in [0.2, 0.25) is 0 Å². The molecule has 0 fully saturated rings. The lowest BCUT2D eigenvalue weighted by molar-refractivity contribution is -0.673. The van der Waals surface area contributed by atoms with Crippen LogP contribution >= 0.6 is 11.3 Å². The first kappa shape index (κ1) is 21.2. The first-order valence-electron chi connectivity index (χ1n) is 8.90. The molecule has 0 aromatic carbocycles. The van der Waals surface area contributed by atoms with Gasteiger partial charge < -0.3 is 5.73 Å². The van der Waals surface area contributed by atoms with Gasteiger partial charge in [-0.2, -0.15) is 13.2 Å². The number of aryl methyl sites for hydroxylation is 2. The highest BCUT2D eigenvalue weighted by molar-refractivity contribution is 7.15. The lowest BCUT2D eigenvalue weighted by Gasteiger charge is -2.11. The molecule has 2 aromatic heterocycles. The minimum atomic E-state index is -4.74. The predicted octanol–water partition coefficient (Wildman–Crippen LogP) is 6.34. The van der Waals surface area contributed by atoms with E-state index in [2.05, 4.69) is 19.1 Å². The predicted molar refractivity (Wildman–Crippen MR) is 105 cm³/mol. The summed E-state index contributed by atoms with van der Waals surface area (Å²) in [5.41, 5.74) is 7.28. The number of hydrogen-bond donors (Lipinski definition) is 1. The van der Waals surface area contributed by atoms with Crippen LogP contribution in [0.1, 0.15) is 43.2 Å². The van der Waals surface area contributed by atoms with E-state index in [9.17, 15) is 13.2 Å². The smallest absolute Gasteiger partial charge is 0.432 e. The van der Waals surface area contributed by atoms with Gasteiger partial charge in [-0.05, 0) is 37.1 Å². The summed E-state index contributed by atoms with van der Waals surface area (Å²) in [6.45, 7) is 2.19. The van der Waals surface area contributed by atoms with Gasteiger partial charge in [-0.25, -0.2) is 4.57 Å². The zero-order valence-corrected chi connectivity index (χ0v) is 16.3. The summed E-state index contributed by atoms with van der Waals surface area (Å²) in [6.07, 6.45) is 3.55. The number of rotatable bonds is 8. The molecular formula is C20H24F3N3S. The van der Waals surface area contributed by atoms with E-state index in [-0.39, 0.29) is 5.70 Å². The van der Waals surface area contributed by atoms with Crippen molar-refractivity contribution in [3.05, 3.63) is 52.8 Å². The van der Waals surface area contributed by atoms with Crippen LogP contribution in [0.15, 0.2) is 36.5 Å². The van der Waals surface area contributed by atoms with Gasteiger partial charge in [-0.3, -0.25) is 5.41 Å². The summed E-state index contributed by atoms with van der Waals surface area (Å²) in [5, 5.41) is 7.02. The second-order valence-electron chi connectivity index (χ2n) is 6.46. The minimum absolute atomic E-state index is 0.323. The maximum atomic E-state index is 12.5. The van der Waals surface area contributed by atoms with Crippen LogP contribution in [0, 0.1) is 5.41 Å². The van der Waals surface area contributed by atoms with Crippen LogP contribution in [0.25, 0.3) is 21.9 Å². The highest BCUT2D eigenvalue weighted by Crippen LogP contribution is 2.29. The fourth-order valence-electron chi connectivity index (χ4n) is 2.73. The molecule has 0 aliphatic rings. The fraction of sp³-hybridized carbons (Fsp3) is 0.400. The van der Waals surface area contributed by atoms with Crippen LogP contribution < -0.4 is 4.57 Å². The number of pyridine rings is 1. The number of nitrogens with one attached hydrogen (secondary N) is 2. The van der Waals surface area contributed by atoms with Crippen LogP contribution in [-0.4, -0.2) is 11.9 Å². The lowest BCUT2D eigenvalue weighted by Crippen LogP contribution is -2.32. The molecule has 27 heavy (non-hydrogen) atoms. The van der Waals surface area contributed by atoms with Gasteiger partial charge in [0.05, 0.1) is 5.56 Å². The van der Waals surface area contributed by atoms with Gasteiger partial charge in [-0.1, -0.05) is 31.9 Å². The Kier molecular flexibility index (Phi) is 7.18. The molecule has 0 saturated carbocycles. The summed E-state index contributed by atoms with van der Waals surface area (Å²) >= 11 is 1.72. The molecule has 146 valence electrons. The third-order valence-electron chi connectivity index (χ3n) is 4.23. The van der Waals surface area contributed by atoms with Crippen LogP contribution in [0.4, 0.5) is 13.2 Å². The summed E-state index contributed by atoms with van der Waals surface area (Å²) in [7, 11) is 1.69. The number of unbranched alkanes of at least 4 members (excludes halogenated alkanes) is 3. The average molecular weight is 395 g/mol. The Morgan fingerprint density at radius 2 is 1.93 bits per heavy atom. The van der Waals surface area contributed by atoms with Gasteiger partial charge in [0, 0.05) is 15.8 Å². The maximum Gasteiger partial charge on any atom is 0.432 e. The van der Waals surface area contributed by atoms with Crippen LogP contribution in [-0.2, 0) is 13.5 Å². The van der Waals surface area contributed by atoms with Crippen LogP contribution in [0.5, 0.6) is 0 Å². The largest absolute Gasteiger partial charge is 0.693 e. The van der Waals surface area contributed by atoms with E-state index in [1.165, 1.54) is 30.6 Å². The van der Waals surface area contributed by atoms with Crippen molar-refractivity contribution in [1.29, 1.82) is 5.41 Å². The van der Waals surface area contributed by atoms with E-state index in [0.717, 1.165) is 16.9 Å². The molecule has 0 bridgehead atoms. The topological polar surface area (TPSA) is 51.5 Å². The van der Waals surface area contributed by atoms with Crippen molar-refractivity contribution in [3.63, 3.8) is 0 Å². The lowest BCUT2D eigenvalue weighted by atomic mass is 10.1. The Morgan fingerprint density at radius 3 is 2.56 bits per heavy atom. The molecule has 2 N–H and O–H groups in total. The summed E-state index contributed by atoms with van der Waals surface area (Å²) in [5.74, 6) is 0. The van der Waals surface area contributed by atoms with Gasteiger partial charge in [0.1, 0.15) is 12.8 Å². The Morgan fingerprint density at radius 1 is 1.19 bits per heavy atom. The van der Waals surface area contributed by atoms with Crippen molar-refractivity contribution in [1.82, 2.24) is 0 Å². The molecular weight excluding hydrogens is 371 g/mol. The van der Waals surface area contributed by atoms with E-state index in [1.807, 2.05) is 12.3 Å². The van der Waals surface area contributed by atoms with Crippen molar-refractivity contribution in [2.75, 3.05) is 0 Å². The van der Waals surface area contributed by atoms with E-state index in [4.69, 9.17) is 11.1 Å². The highest BCUT2D eigenvalue weighted by atomic mass is 32.1. The van der Waals surface area contributed by atoms with Crippen molar-refractivity contribution >= 4 is 22.7 Å². The van der Waals surface area contributed by atoms with E-state index in [1.54, 1.807) is 29.0 Å². The molecule has 2 rings (SSSR count). The number of nitrogens with zero attached hydrogens (tertiary/aromatic N) is 1. The average Bonchev–Trinajstić information content (AvgIpc) is 3.06. The number of allylic oxidation sites excluding steroid dienone is 1. The molecule has 0 amide bonds. The molecule has 0 unspecified atom stereocenters. The second-order valence-corrected chi connectivity index (χ2v) is 7.63. The Balaban J connectivity index is 2.14. The number of alkyl halides is 3. The Hall–Kier alpha value is -2.15. The third-order valence-corrected chi connectivity index (χ3v) is 5.42. The molecule has 0 spiro atoms. The standard InChI is InChI=1S/C20H24F3N3S/c1-3-4-5-6-7-15-9-11-18(27-15)14-8-10-17(26(2)13-14)16(24)12-19(25)20(21,22)23/h8-13,24-25H,3-7H2,1-2H3. The Bertz CT molecular complexity index is 822. The summed E-state index contributed by atoms with van der Waals surface area (Å²) in [4.78, 5) is 2.42. The highest BCUT2D eigenvalue weighted by Gasteiger charge is 2.32. The summed E-state index contributed by atoms with van der Waals surface area (Å²) < 4.78 is 39.1. The molecule has 0 aliphatic carbocycles. The number of halogens is 3. The molecule has 0 atom stereocenters. The zero-order chi connectivity index (χ0) is 20.0. The normalized spacial score (nSPS) is 12.4. The zero-order valence-electron chi connectivity index (χ0n) is 15.5. The third kappa shape index (κ3) is 5.92. The van der Waals surface area contributed by atoms with Crippen molar-refractivity contribution in [2.24, 2.45) is 7.05 Å². The first-order valence-corrected chi connectivity index (χ1v) is 9.72. The number of thiophene rings is 1. The minimum Gasteiger partial charge on any atom is -0.693 e. The molecule has 0 aliphatic heterocycles. The van der Waals surface area contributed by atoms with Gasteiger partial charge >= 0.3 is 6.18 Å². The van der Waals surface area contributed by atoms with Crippen LogP contribution in [0.3, 0.4) is 0 Å². The van der Waals surface area contributed by atoms with Crippen molar-refractivity contribution in [3.8, 4) is 10.4 Å². The second kappa shape index (κ2) is 9.17. The van der Waals surface area contributed by atoms with E-state index in [0.29, 0.717) is 11.8 Å². The molecule has 0 saturated heterocycles. The molecule has 0 radical (unpaired) electrons. The summed E-state index contributed by atoms with van der Waals surface area (Å²) in [6, 6.07) is 7.62. The molecule has 2 aromatic rings. The van der Waals surface area contributed by atoms with Gasteiger partial charge in [-0.15, -0.1) is 11.3 Å². The van der Waals surface area contributed by atoms with Gasteiger partial charge in [0.15, 0.2) is 11.9 Å². The number of hydrogen-bond acceptors (Lipinski definition) is 2. The maximum absolute atomic E-state index is 12.5. The quantitative estimate of drug-likeness (QED) is 0.308. The monoisotopic (exact) mass is 395 g/mol. The van der Waals surface area contributed by atoms with E-state index >= 15 is 0 Å². The van der Waals surface area contributed by atoms with Gasteiger partial charge in [0.25, 0.3) is 0 Å². The SMILES string of the molecule is CCCCCCc1ccc(-c2ccc(C([NH-])=CC(=N)C(F)(F)F)[n+](C)c2)s1. The van der Waals surface area contributed by atoms with E-state index < -0.39 is 11.9 Å². The first-order chi connectivity index (χ1) is 12.7. The molecule has 2 heterocycles. The molecule has 3 nitrogen and oxygen atoms in total. The number of aromatic nitrogens is 1.